The van der Waals surface area contributed by atoms with Crippen LogP contribution in [-0.2, 0) is 16.1 Å². The number of nitrogens with zero attached hydrogens (tertiary/aromatic N) is 2. The average Bonchev–Trinajstić information content (AvgIpc) is 2.70. The first kappa shape index (κ1) is 21.9. The molecular formula is C23H29FN4O2. The van der Waals surface area contributed by atoms with Crippen LogP contribution in [0.2, 0.25) is 0 Å². The van der Waals surface area contributed by atoms with Crippen molar-refractivity contribution in [2.45, 2.75) is 25.4 Å². The monoisotopic (exact) mass is 412 g/mol. The minimum Gasteiger partial charge on any atom is -0.352 e. The number of carbonyl (C=O) groups is 2. The van der Waals surface area contributed by atoms with Gasteiger partial charge in [0.25, 0.3) is 0 Å². The highest BCUT2D eigenvalue weighted by molar-refractivity contribution is 5.92. The van der Waals surface area contributed by atoms with Crippen LogP contribution >= 0.6 is 0 Å². The molecule has 1 saturated heterocycles. The first-order chi connectivity index (χ1) is 14.5. The fourth-order valence-electron chi connectivity index (χ4n) is 3.66. The minimum atomic E-state index is -0.407. The number of nitrogens with one attached hydrogen (secondary N) is 2. The molecule has 0 aromatic heterocycles. The van der Waals surface area contributed by atoms with Gasteiger partial charge in [0.1, 0.15) is 5.82 Å². The molecule has 30 heavy (non-hydrogen) atoms. The van der Waals surface area contributed by atoms with Gasteiger partial charge in [0, 0.05) is 31.4 Å². The van der Waals surface area contributed by atoms with Gasteiger partial charge in [-0.2, -0.15) is 0 Å². The van der Waals surface area contributed by atoms with Gasteiger partial charge in [-0.1, -0.05) is 36.4 Å². The van der Waals surface area contributed by atoms with Crippen LogP contribution in [0.1, 0.15) is 18.4 Å². The number of piperidine rings is 1. The second-order valence-electron chi connectivity index (χ2n) is 7.83. The maximum absolute atomic E-state index is 13.2. The zero-order valence-corrected chi connectivity index (χ0v) is 17.3. The fraction of sp³-hybridized carbons (Fsp3) is 0.391. The molecule has 0 saturated carbocycles. The van der Waals surface area contributed by atoms with Gasteiger partial charge in [-0.05, 0) is 43.7 Å². The van der Waals surface area contributed by atoms with Gasteiger partial charge < -0.3 is 10.6 Å². The van der Waals surface area contributed by atoms with Gasteiger partial charge in [0.2, 0.25) is 11.8 Å². The van der Waals surface area contributed by atoms with E-state index in [2.05, 4.69) is 39.8 Å². The molecule has 3 rings (SSSR count). The first-order valence-corrected chi connectivity index (χ1v) is 10.3. The van der Waals surface area contributed by atoms with E-state index in [1.54, 1.807) is 18.0 Å². The van der Waals surface area contributed by atoms with Crippen LogP contribution in [0, 0.1) is 5.82 Å². The summed E-state index contributed by atoms with van der Waals surface area (Å²) in [7, 11) is 1.72. The maximum atomic E-state index is 13.2. The van der Waals surface area contributed by atoms with Gasteiger partial charge in [0.05, 0.1) is 13.1 Å². The summed E-state index contributed by atoms with van der Waals surface area (Å²) in [6, 6.07) is 16.3. The number of hydrogen-bond donors (Lipinski definition) is 2. The molecule has 2 aromatic carbocycles. The highest BCUT2D eigenvalue weighted by Crippen LogP contribution is 2.14. The summed E-state index contributed by atoms with van der Waals surface area (Å²) in [4.78, 5) is 28.5. The quantitative estimate of drug-likeness (QED) is 0.699. The highest BCUT2D eigenvalue weighted by Gasteiger charge is 2.21. The van der Waals surface area contributed by atoms with Gasteiger partial charge in [-0.15, -0.1) is 0 Å². The highest BCUT2D eigenvalue weighted by atomic mass is 19.1. The third-order valence-electron chi connectivity index (χ3n) is 5.14. The van der Waals surface area contributed by atoms with Crippen LogP contribution in [0.25, 0.3) is 0 Å². The molecule has 0 atom stereocenters. The van der Waals surface area contributed by atoms with Crippen molar-refractivity contribution in [1.29, 1.82) is 0 Å². The van der Waals surface area contributed by atoms with Gasteiger partial charge in [0.15, 0.2) is 0 Å². The van der Waals surface area contributed by atoms with E-state index in [1.807, 2.05) is 6.07 Å². The Bertz CT molecular complexity index is 838. The van der Waals surface area contributed by atoms with Crippen molar-refractivity contribution in [3.63, 3.8) is 0 Å². The summed E-state index contributed by atoms with van der Waals surface area (Å²) < 4.78 is 13.2. The van der Waals surface area contributed by atoms with Crippen molar-refractivity contribution in [3.05, 3.63) is 66.0 Å². The lowest BCUT2D eigenvalue weighted by molar-refractivity contribution is -0.123. The minimum absolute atomic E-state index is 0.0550. The molecule has 2 aromatic rings. The standard InChI is InChI=1S/C23H29FN4O2/c1-27(17-23(30)26-21-9-5-8-19(24)14-21)16-22(29)25-20-10-12-28(13-11-20)15-18-6-3-2-4-7-18/h2-9,14,20H,10-13,15-17H2,1H3,(H,25,29)(H,26,30). The SMILES string of the molecule is CN(CC(=O)Nc1cccc(F)c1)CC(=O)NC1CCN(Cc2ccccc2)CC1. The Morgan fingerprint density at radius 2 is 1.73 bits per heavy atom. The second-order valence-corrected chi connectivity index (χ2v) is 7.83. The smallest absolute Gasteiger partial charge is 0.238 e. The molecule has 1 aliphatic heterocycles. The van der Waals surface area contributed by atoms with Crippen LogP contribution in [-0.4, -0.2) is 60.9 Å². The summed E-state index contributed by atoms with van der Waals surface area (Å²) in [6.45, 7) is 3.03. The molecule has 1 aliphatic rings. The van der Waals surface area contributed by atoms with Crippen LogP contribution < -0.4 is 10.6 Å². The normalized spacial score (nSPS) is 15.2. The Hall–Kier alpha value is -2.77. The van der Waals surface area contributed by atoms with Crippen molar-refractivity contribution in [1.82, 2.24) is 15.1 Å². The molecule has 6 nitrogen and oxygen atoms in total. The Morgan fingerprint density at radius 3 is 2.43 bits per heavy atom. The molecule has 7 heteroatoms. The number of anilines is 1. The number of hydrogen-bond acceptors (Lipinski definition) is 4. The molecule has 0 unspecified atom stereocenters. The number of amides is 2. The van der Waals surface area contributed by atoms with Gasteiger partial charge in [-0.3, -0.25) is 19.4 Å². The Morgan fingerprint density at radius 1 is 1.03 bits per heavy atom. The molecule has 0 spiro atoms. The molecular weight excluding hydrogens is 383 g/mol. The summed E-state index contributed by atoms with van der Waals surface area (Å²) >= 11 is 0. The third-order valence-corrected chi connectivity index (χ3v) is 5.14. The zero-order chi connectivity index (χ0) is 21.3. The van der Waals surface area contributed by atoms with E-state index >= 15 is 0 Å². The molecule has 1 fully saturated rings. The molecule has 0 bridgehead atoms. The lowest BCUT2D eigenvalue weighted by Gasteiger charge is -2.32. The van der Waals surface area contributed by atoms with E-state index in [-0.39, 0.29) is 30.9 Å². The van der Waals surface area contributed by atoms with Crippen molar-refractivity contribution in [2.75, 3.05) is 38.5 Å². The molecule has 0 aliphatic carbocycles. The predicted molar refractivity (Wildman–Crippen MR) is 115 cm³/mol. The Balaban J connectivity index is 1.34. The third kappa shape index (κ3) is 7.24. The number of halogens is 1. The number of rotatable bonds is 8. The van der Waals surface area contributed by atoms with E-state index < -0.39 is 5.82 Å². The van der Waals surface area contributed by atoms with E-state index in [4.69, 9.17) is 0 Å². The summed E-state index contributed by atoms with van der Waals surface area (Å²) in [5, 5.41) is 5.71. The summed E-state index contributed by atoms with van der Waals surface area (Å²) in [6.07, 6.45) is 1.84. The van der Waals surface area contributed by atoms with Crippen LogP contribution in [0.3, 0.4) is 0 Å². The van der Waals surface area contributed by atoms with Crippen LogP contribution in [0.4, 0.5) is 10.1 Å². The number of likely N-dealkylation sites (tertiary alicyclic amines) is 1. The largest absolute Gasteiger partial charge is 0.352 e. The first-order valence-electron chi connectivity index (χ1n) is 10.3. The lowest BCUT2D eigenvalue weighted by Crippen LogP contribution is -2.47. The van der Waals surface area contributed by atoms with E-state index in [0.29, 0.717) is 5.69 Å². The van der Waals surface area contributed by atoms with E-state index in [9.17, 15) is 14.0 Å². The Labute approximate surface area is 177 Å². The summed E-state index contributed by atoms with van der Waals surface area (Å²) in [5.41, 5.74) is 1.71. The molecule has 2 N–H and O–H groups in total. The average molecular weight is 413 g/mol. The van der Waals surface area contributed by atoms with Crippen molar-refractivity contribution < 1.29 is 14.0 Å². The zero-order valence-electron chi connectivity index (χ0n) is 17.3. The molecule has 2 amide bonds. The van der Waals surface area contributed by atoms with Crippen LogP contribution in [0.15, 0.2) is 54.6 Å². The van der Waals surface area contributed by atoms with Crippen LogP contribution in [0.5, 0.6) is 0 Å². The van der Waals surface area contributed by atoms with Gasteiger partial charge >= 0.3 is 0 Å². The van der Waals surface area contributed by atoms with Crippen molar-refractivity contribution >= 4 is 17.5 Å². The molecule has 0 radical (unpaired) electrons. The molecule has 1 heterocycles. The predicted octanol–water partition coefficient (Wildman–Crippen LogP) is 2.48. The molecule has 160 valence electrons. The number of likely N-dealkylation sites (N-methyl/N-ethyl adjacent to an activating group) is 1. The second kappa shape index (κ2) is 10.8. The Kier molecular flexibility index (Phi) is 7.93. The number of carbonyl (C=O) groups excluding carboxylic acids is 2. The maximum Gasteiger partial charge on any atom is 0.238 e. The lowest BCUT2D eigenvalue weighted by atomic mass is 10.0. The number of benzene rings is 2. The van der Waals surface area contributed by atoms with E-state index in [1.165, 1.54) is 23.8 Å². The van der Waals surface area contributed by atoms with Crippen molar-refractivity contribution in [3.8, 4) is 0 Å². The van der Waals surface area contributed by atoms with E-state index in [0.717, 1.165) is 32.5 Å². The van der Waals surface area contributed by atoms with Gasteiger partial charge in [-0.25, -0.2) is 4.39 Å². The van der Waals surface area contributed by atoms with Crippen molar-refractivity contribution in [2.24, 2.45) is 0 Å². The fourth-order valence-corrected chi connectivity index (χ4v) is 3.66. The topological polar surface area (TPSA) is 64.7 Å². The summed E-state index contributed by atoms with van der Waals surface area (Å²) in [5.74, 6) is -0.780.